The molecule has 0 aromatic heterocycles. The summed E-state index contributed by atoms with van der Waals surface area (Å²) >= 11 is 0. The molecule has 3 unspecified atom stereocenters. The van der Waals surface area contributed by atoms with Crippen LogP contribution in [0.4, 0.5) is 0 Å². The van der Waals surface area contributed by atoms with Crippen molar-refractivity contribution in [2.75, 3.05) is 20.2 Å². The van der Waals surface area contributed by atoms with Crippen molar-refractivity contribution in [1.82, 2.24) is 4.90 Å². The Morgan fingerprint density at radius 1 is 1.14 bits per heavy atom. The second-order valence-electron chi connectivity index (χ2n) is 8.09. The van der Waals surface area contributed by atoms with E-state index in [1.807, 2.05) is 42.5 Å². The Morgan fingerprint density at radius 2 is 1.93 bits per heavy atom. The third kappa shape index (κ3) is 3.79. The molecule has 2 aromatic carbocycles. The van der Waals surface area contributed by atoms with Crippen LogP contribution in [0.3, 0.4) is 0 Å². The number of fused-ring (bicyclic) bond motifs is 1. The molecule has 152 valence electrons. The Hall–Kier alpha value is -2.66. The summed E-state index contributed by atoms with van der Waals surface area (Å²) in [6, 6.07) is 18.1. The topological polar surface area (TPSA) is 55.8 Å². The maximum Gasteiger partial charge on any atom is 0.303 e. The highest BCUT2D eigenvalue weighted by atomic mass is 16.6. The zero-order valence-electron chi connectivity index (χ0n) is 17.0. The number of nitrogens with zero attached hydrogens (tertiary/aromatic N) is 1. The van der Waals surface area contributed by atoms with Crippen molar-refractivity contribution in [3.05, 3.63) is 65.7 Å². The zero-order valence-corrected chi connectivity index (χ0v) is 17.0. The first kappa shape index (κ1) is 19.6. The van der Waals surface area contributed by atoms with Gasteiger partial charge in [-0.3, -0.25) is 14.5 Å². The van der Waals surface area contributed by atoms with E-state index in [1.54, 1.807) is 7.11 Å². The highest BCUT2D eigenvalue weighted by molar-refractivity contribution is 5.85. The van der Waals surface area contributed by atoms with Crippen molar-refractivity contribution in [2.45, 2.75) is 37.8 Å². The van der Waals surface area contributed by atoms with Crippen LogP contribution in [0.2, 0.25) is 0 Å². The predicted molar refractivity (Wildman–Crippen MR) is 110 cm³/mol. The van der Waals surface area contributed by atoms with Gasteiger partial charge in [0.2, 0.25) is 0 Å². The molecule has 5 heteroatoms. The van der Waals surface area contributed by atoms with Gasteiger partial charge in [0.05, 0.1) is 13.0 Å². The number of ketones is 1. The number of hydrogen-bond donors (Lipinski definition) is 0. The van der Waals surface area contributed by atoms with Gasteiger partial charge in [0.1, 0.15) is 17.1 Å². The summed E-state index contributed by atoms with van der Waals surface area (Å²) in [7, 11) is 1.64. The second-order valence-corrected chi connectivity index (χ2v) is 8.09. The number of ether oxygens (including phenoxy) is 2. The van der Waals surface area contributed by atoms with Crippen molar-refractivity contribution in [2.24, 2.45) is 5.92 Å². The third-order valence-electron chi connectivity index (χ3n) is 6.24. The van der Waals surface area contributed by atoms with Gasteiger partial charge in [-0.1, -0.05) is 42.5 Å². The first-order valence-corrected chi connectivity index (χ1v) is 10.1. The minimum Gasteiger partial charge on any atom is -0.497 e. The maximum atomic E-state index is 12.9. The Morgan fingerprint density at radius 3 is 2.66 bits per heavy atom. The first-order chi connectivity index (χ1) is 14.0. The molecule has 5 nitrogen and oxygen atoms in total. The largest absolute Gasteiger partial charge is 0.497 e. The number of carbonyl (C=O) groups is 2. The van der Waals surface area contributed by atoms with E-state index in [9.17, 15) is 9.59 Å². The van der Waals surface area contributed by atoms with Gasteiger partial charge in [0.15, 0.2) is 0 Å². The maximum absolute atomic E-state index is 12.9. The van der Waals surface area contributed by atoms with E-state index >= 15 is 0 Å². The molecule has 1 heterocycles. The Kier molecular flexibility index (Phi) is 5.41. The van der Waals surface area contributed by atoms with Crippen molar-refractivity contribution in [3.63, 3.8) is 0 Å². The highest BCUT2D eigenvalue weighted by Gasteiger charge is 2.59. The molecule has 29 heavy (non-hydrogen) atoms. The van der Waals surface area contributed by atoms with E-state index < -0.39 is 5.60 Å². The smallest absolute Gasteiger partial charge is 0.303 e. The fourth-order valence-electron chi connectivity index (χ4n) is 5.08. The molecule has 2 fully saturated rings. The average molecular weight is 393 g/mol. The molecule has 0 amide bonds. The van der Waals surface area contributed by atoms with E-state index in [2.05, 4.69) is 17.0 Å². The zero-order chi connectivity index (χ0) is 20.4. The van der Waals surface area contributed by atoms with Crippen molar-refractivity contribution >= 4 is 11.8 Å². The molecule has 3 atom stereocenters. The molecular weight excluding hydrogens is 366 g/mol. The number of rotatable bonds is 5. The third-order valence-corrected chi connectivity index (χ3v) is 6.24. The van der Waals surface area contributed by atoms with E-state index in [-0.39, 0.29) is 23.6 Å². The number of carbonyl (C=O) groups excluding carboxylic acids is 2. The van der Waals surface area contributed by atoms with Crippen molar-refractivity contribution < 1.29 is 19.1 Å². The van der Waals surface area contributed by atoms with Crippen molar-refractivity contribution in [3.8, 4) is 5.75 Å². The molecule has 0 bridgehead atoms. The van der Waals surface area contributed by atoms with Crippen LogP contribution < -0.4 is 4.74 Å². The van der Waals surface area contributed by atoms with Gasteiger partial charge >= 0.3 is 5.97 Å². The van der Waals surface area contributed by atoms with Crippen LogP contribution in [-0.2, 0) is 20.9 Å². The first-order valence-electron chi connectivity index (χ1n) is 10.1. The minimum absolute atomic E-state index is 0.0371. The second kappa shape index (κ2) is 7.99. The number of methoxy groups -OCH3 is 1. The molecule has 1 aliphatic carbocycles. The van der Waals surface area contributed by atoms with Crippen LogP contribution in [0.25, 0.3) is 0 Å². The summed E-state index contributed by atoms with van der Waals surface area (Å²) in [5.74, 6) is 0.290. The van der Waals surface area contributed by atoms with Gasteiger partial charge in [0, 0.05) is 38.9 Å². The number of Topliss-reactive ketones (excluding diaryl/α,β-unsaturated/α-hetero) is 1. The molecule has 1 saturated heterocycles. The van der Waals surface area contributed by atoms with Gasteiger partial charge in [-0.15, -0.1) is 0 Å². The summed E-state index contributed by atoms with van der Waals surface area (Å²) in [5, 5.41) is 0. The lowest BCUT2D eigenvalue weighted by Gasteiger charge is -2.44. The van der Waals surface area contributed by atoms with Gasteiger partial charge in [-0.05, 0) is 29.7 Å². The minimum atomic E-state index is -0.831. The lowest BCUT2D eigenvalue weighted by atomic mass is 9.66. The van der Waals surface area contributed by atoms with Crippen LogP contribution in [-0.4, -0.2) is 42.5 Å². The van der Waals surface area contributed by atoms with Crippen LogP contribution >= 0.6 is 0 Å². The van der Waals surface area contributed by atoms with E-state index in [4.69, 9.17) is 9.47 Å². The predicted octanol–water partition coefficient (Wildman–Crippen LogP) is 3.58. The fraction of sp³-hybridized carbons (Fsp3) is 0.417. The molecule has 2 aromatic rings. The molecule has 0 radical (unpaired) electrons. The van der Waals surface area contributed by atoms with E-state index in [0.29, 0.717) is 25.9 Å². The summed E-state index contributed by atoms with van der Waals surface area (Å²) in [6.45, 7) is 3.34. The molecule has 1 saturated carbocycles. The fourth-order valence-corrected chi connectivity index (χ4v) is 5.08. The summed E-state index contributed by atoms with van der Waals surface area (Å²) in [4.78, 5) is 27.3. The summed E-state index contributed by atoms with van der Waals surface area (Å²) < 4.78 is 11.4. The number of hydrogen-bond acceptors (Lipinski definition) is 5. The normalized spacial score (nSPS) is 26.8. The van der Waals surface area contributed by atoms with Gasteiger partial charge in [0.25, 0.3) is 0 Å². The average Bonchev–Trinajstić information content (AvgIpc) is 3.07. The van der Waals surface area contributed by atoms with Gasteiger partial charge in [-0.2, -0.15) is 0 Å². The van der Waals surface area contributed by atoms with Crippen LogP contribution in [0.5, 0.6) is 5.75 Å². The summed E-state index contributed by atoms with van der Waals surface area (Å²) in [5.41, 5.74) is 1.42. The van der Waals surface area contributed by atoms with Crippen LogP contribution in [0.1, 0.15) is 36.8 Å². The molecule has 2 aliphatic rings. The highest BCUT2D eigenvalue weighted by Crippen LogP contribution is 2.50. The van der Waals surface area contributed by atoms with E-state index in [0.717, 1.165) is 17.9 Å². The molecule has 0 N–H and O–H groups in total. The Balaban J connectivity index is 1.70. The molecular formula is C24H27NO4. The molecule has 0 spiro atoms. The lowest BCUT2D eigenvalue weighted by Crippen LogP contribution is -2.53. The molecule has 1 aliphatic heterocycles. The monoisotopic (exact) mass is 393 g/mol. The standard InChI is InChI=1S/C24H27NO4/c1-17(26)29-24-16-25(14-18-7-4-3-5-8-18)15-22(24)23(27)12-11-21(24)19-9-6-10-20(13-19)28-2/h3-10,13,21-22H,11-12,14-16H2,1-2H3. The SMILES string of the molecule is COc1cccc(C2CCC(=O)C3CN(Cc4ccccc4)CC32OC(C)=O)c1. The Bertz CT molecular complexity index is 897. The van der Waals surface area contributed by atoms with Gasteiger partial charge in [-0.25, -0.2) is 0 Å². The quantitative estimate of drug-likeness (QED) is 0.727. The Labute approximate surface area is 171 Å². The molecule has 4 rings (SSSR count). The number of likely N-dealkylation sites (tertiary alicyclic amines) is 1. The van der Waals surface area contributed by atoms with Crippen molar-refractivity contribution in [1.29, 1.82) is 0 Å². The number of benzene rings is 2. The summed E-state index contributed by atoms with van der Waals surface area (Å²) in [6.07, 6.45) is 1.18. The van der Waals surface area contributed by atoms with Crippen LogP contribution in [0, 0.1) is 5.92 Å². The van der Waals surface area contributed by atoms with E-state index in [1.165, 1.54) is 12.5 Å². The number of esters is 1. The lowest BCUT2D eigenvalue weighted by molar-refractivity contribution is -0.168. The van der Waals surface area contributed by atoms with Crippen LogP contribution in [0.15, 0.2) is 54.6 Å². The van der Waals surface area contributed by atoms with Gasteiger partial charge < -0.3 is 9.47 Å².